The van der Waals surface area contributed by atoms with Crippen LogP contribution in [0.25, 0.3) is 0 Å². The molecule has 1 aromatic carbocycles. The normalized spacial score (nSPS) is 27.2. The minimum atomic E-state index is -0.992. The number of nitrogens with two attached hydrogens (primary N) is 1. The van der Waals surface area contributed by atoms with Gasteiger partial charge in [-0.25, -0.2) is 4.39 Å². The van der Waals surface area contributed by atoms with Gasteiger partial charge in [0.25, 0.3) is 0 Å². The van der Waals surface area contributed by atoms with Gasteiger partial charge in [-0.3, -0.25) is 4.79 Å². The fourth-order valence-corrected chi connectivity index (χ4v) is 3.41. The van der Waals surface area contributed by atoms with E-state index >= 15 is 0 Å². The van der Waals surface area contributed by atoms with E-state index in [1.807, 2.05) is 20.8 Å². The molecule has 3 atom stereocenters. The third-order valence-corrected chi connectivity index (χ3v) is 5.34. The first kappa shape index (κ1) is 18.2. The van der Waals surface area contributed by atoms with E-state index in [9.17, 15) is 9.18 Å². The Bertz CT molecular complexity index is 608. The lowest BCUT2D eigenvalue weighted by Gasteiger charge is -2.57. The van der Waals surface area contributed by atoms with Gasteiger partial charge >= 0.3 is 0 Å². The van der Waals surface area contributed by atoms with Crippen LogP contribution in [0.5, 0.6) is 0 Å². The van der Waals surface area contributed by atoms with Crippen LogP contribution in [0.1, 0.15) is 45.7 Å². The summed E-state index contributed by atoms with van der Waals surface area (Å²) < 4.78 is 18.8. The number of amides is 1. The summed E-state index contributed by atoms with van der Waals surface area (Å²) in [5.41, 5.74) is 5.55. The van der Waals surface area contributed by atoms with Crippen molar-refractivity contribution in [1.82, 2.24) is 5.32 Å². The van der Waals surface area contributed by atoms with Crippen LogP contribution in [-0.2, 0) is 9.53 Å². The lowest BCUT2D eigenvalue weighted by Crippen LogP contribution is -2.75. The topological polar surface area (TPSA) is 64.3 Å². The summed E-state index contributed by atoms with van der Waals surface area (Å²) >= 11 is 6.05. The molecule has 23 heavy (non-hydrogen) atoms. The Morgan fingerprint density at radius 1 is 1.57 bits per heavy atom. The molecule has 128 valence electrons. The summed E-state index contributed by atoms with van der Waals surface area (Å²) in [6.45, 7) is 8.18. The number of carbonyl (C=O) groups excluding carboxylic acids is 1. The maximum atomic E-state index is 13.1. The molecule has 1 amide bonds. The number of nitrogens with one attached hydrogen (secondary N) is 1. The van der Waals surface area contributed by atoms with Gasteiger partial charge in [-0.1, -0.05) is 31.5 Å². The van der Waals surface area contributed by atoms with E-state index in [2.05, 4.69) is 5.32 Å². The second-order valence-electron chi connectivity index (χ2n) is 6.70. The third-order valence-electron chi connectivity index (χ3n) is 5.01. The van der Waals surface area contributed by atoms with Crippen molar-refractivity contribution in [3.8, 4) is 0 Å². The minimum Gasteiger partial charge on any atom is -0.378 e. The average Bonchev–Trinajstić information content (AvgIpc) is 2.46. The van der Waals surface area contributed by atoms with Crippen molar-refractivity contribution in [3.63, 3.8) is 0 Å². The standard InChI is InChI=1S/C17H24ClFN2O2/c1-5-23-14-9-17(20,16(14,3)4)15(22)21-10(2)12-7-6-11(19)8-13(12)18/h6-8,10,14H,5,9,20H2,1-4H3,(H,21,22). The highest BCUT2D eigenvalue weighted by molar-refractivity contribution is 6.31. The first-order valence-corrected chi connectivity index (χ1v) is 8.17. The van der Waals surface area contributed by atoms with Crippen molar-refractivity contribution < 1.29 is 13.9 Å². The molecule has 0 aliphatic heterocycles. The molecular weight excluding hydrogens is 319 g/mol. The first-order chi connectivity index (χ1) is 10.6. The SMILES string of the molecule is CCOC1CC(N)(C(=O)NC(C)c2ccc(F)cc2Cl)C1(C)C. The molecular formula is C17H24ClFN2O2. The predicted octanol–water partition coefficient (Wildman–Crippen LogP) is 3.19. The highest BCUT2D eigenvalue weighted by Gasteiger charge is 2.62. The van der Waals surface area contributed by atoms with Crippen LogP contribution in [0.2, 0.25) is 5.02 Å². The number of ether oxygens (including phenoxy) is 1. The molecule has 1 saturated carbocycles. The van der Waals surface area contributed by atoms with Gasteiger partial charge in [0.1, 0.15) is 11.4 Å². The smallest absolute Gasteiger partial charge is 0.241 e. The zero-order valence-electron chi connectivity index (χ0n) is 14.0. The Morgan fingerprint density at radius 3 is 2.74 bits per heavy atom. The summed E-state index contributed by atoms with van der Waals surface area (Å²) in [6.07, 6.45) is 0.441. The van der Waals surface area contributed by atoms with Crippen molar-refractivity contribution in [2.45, 2.75) is 51.8 Å². The highest BCUT2D eigenvalue weighted by atomic mass is 35.5. The molecule has 0 aromatic heterocycles. The Balaban J connectivity index is 2.10. The molecule has 0 radical (unpaired) electrons. The lowest BCUT2D eigenvalue weighted by atomic mass is 9.54. The summed E-state index contributed by atoms with van der Waals surface area (Å²) in [5.74, 6) is -0.654. The third kappa shape index (κ3) is 3.10. The molecule has 1 aromatic rings. The molecule has 1 fully saturated rings. The van der Waals surface area contributed by atoms with Gasteiger partial charge in [-0.2, -0.15) is 0 Å². The fourth-order valence-electron chi connectivity index (χ4n) is 3.08. The molecule has 6 heteroatoms. The highest BCUT2D eigenvalue weighted by Crippen LogP contribution is 2.50. The number of hydrogen-bond acceptors (Lipinski definition) is 3. The van der Waals surface area contributed by atoms with Gasteiger partial charge < -0.3 is 15.8 Å². The van der Waals surface area contributed by atoms with Crippen LogP contribution in [-0.4, -0.2) is 24.2 Å². The largest absolute Gasteiger partial charge is 0.378 e. The van der Waals surface area contributed by atoms with Crippen molar-refractivity contribution in [3.05, 3.63) is 34.6 Å². The zero-order chi connectivity index (χ0) is 17.4. The molecule has 0 saturated heterocycles. The molecule has 1 aliphatic carbocycles. The molecule has 0 heterocycles. The summed E-state index contributed by atoms with van der Waals surface area (Å²) in [5, 5.41) is 3.17. The Labute approximate surface area is 141 Å². The van der Waals surface area contributed by atoms with Crippen LogP contribution in [0, 0.1) is 11.2 Å². The van der Waals surface area contributed by atoms with Crippen LogP contribution in [0.15, 0.2) is 18.2 Å². The van der Waals surface area contributed by atoms with Crippen molar-refractivity contribution >= 4 is 17.5 Å². The molecule has 0 bridgehead atoms. The number of benzene rings is 1. The first-order valence-electron chi connectivity index (χ1n) is 7.80. The number of rotatable bonds is 5. The molecule has 3 unspecified atom stereocenters. The average molecular weight is 343 g/mol. The van der Waals surface area contributed by atoms with E-state index in [-0.39, 0.29) is 23.1 Å². The number of halogens is 2. The molecule has 0 spiro atoms. The monoisotopic (exact) mass is 342 g/mol. The Kier molecular flexibility index (Phi) is 5.04. The molecule has 4 nitrogen and oxygen atoms in total. The van der Waals surface area contributed by atoms with Gasteiger partial charge in [0.15, 0.2) is 0 Å². The van der Waals surface area contributed by atoms with Gasteiger partial charge in [0.05, 0.1) is 12.1 Å². The number of carbonyl (C=O) groups is 1. The van der Waals surface area contributed by atoms with Crippen LogP contribution >= 0.6 is 11.6 Å². The Morgan fingerprint density at radius 2 is 2.22 bits per heavy atom. The summed E-state index contributed by atoms with van der Waals surface area (Å²) in [6, 6.07) is 3.76. The Hall–Kier alpha value is -1.17. The van der Waals surface area contributed by atoms with Gasteiger partial charge in [-0.05, 0) is 31.5 Å². The van der Waals surface area contributed by atoms with Crippen LogP contribution < -0.4 is 11.1 Å². The maximum Gasteiger partial charge on any atom is 0.241 e. The van der Waals surface area contributed by atoms with Crippen molar-refractivity contribution in [1.29, 1.82) is 0 Å². The van der Waals surface area contributed by atoms with E-state index in [1.165, 1.54) is 12.1 Å². The zero-order valence-corrected chi connectivity index (χ0v) is 14.7. The predicted molar refractivity (Wildman–Crippen MR) is 88.7 cm³/mol. The van der Waals surface area contributed by atoms with E-state index in [4.69, 9.17) is 22.1 Å². The quantitative estimate of drug-likeness (QED) is 0.863. The molecule has 2 rings (SSSR count). The summed E-state index contributed by atoms with van der Waals surface area (Å²) in [7, 11) is 0. The van der Waals surface area contributed by atoms with Gasteiger partial charge in [0, 0.05) is 23.5 Å². The van der Waals surface area contributed by atoms with Crippen molar-refractivity contribution in [2.75, 3.05) is 6.61 Å². The van der Waals surface area contributed by atoms with Crippen LogP contribution in [0.3, 0.4) is 0 Å². The second-order valence-corrected chi connectivity index (χ2v) is 7.11. The van der Waals surface area contributed by atoms with Gasteiger partial charge in [-0.15, -0.1) is 0 Å². The fraction of sp³-hybridized carbons (Fsp3) is 0.588. The van der Waals surface area contributed by atoms with E-state index in [0.29, 0.717) is 18.6 Å². The van der Waals surface area contributed by atoms with Crippen LogP contribution in [0.4, 0.5) is 4.39 Å². The molecule has 3 N–H and O–H groups in total. The minimum absolute atomic E-state index is 0.0343. The van der Waals surface area contributed by atoms with E-state index in [1.54, 1.807) is 13.0 Å². The van der Waals surface area contributed by atoms with E-state index in [0.717, 1.165) is 0 Å². The lowest BCUT2D eigenvalue weighted by molar-refractivity contribution is -0.171. The van der Waals surface area contributed by atoms with E-state index < -0.39 is 16.8 Å². The second kappa shape index (κ2) is 6.38. The maximum absolute atomic E-state index is 13.1. The molecule has 1 aliphatic rings. The van der Waals surface area contributed by atoms with Gasteiger partial charge in [0.2, 0.25) is 5.91 Å². The summed E-state index contributed by atoms with van der Waals surface area (Å²) in [4.78, 5) is 12.7. The van der Waals surface area contributed by atoms with Crippen molar-refractivity contribution in [2.24, 2.45) is 11.1 Å². The number of hydrogen-bond donors (Lipinski definition) is 2.